The van der Waals surface area contributed by atoms with Gasteiger partial charge in [0, 0.05) is 0 Å². The van der Waals surface area contributed by atoms with Gasteiger partial charge in [-0.1, -0.05) is 5.46 Å². The quantitative estimate of drug-likeness (QED) is 0.514. The number of ether oxygens (including phenoxy) is 1. The SMILES string of the molecule is [B]c1cc(F)ccc1OC. The fourth-order valence-electron chi connectivity index (χ4n) is 0.705. The number of hydrogen-bond acceptors (Lipinski definition) is 1. The first-order chi connectivity index (χ1) is 4.74. The van der Waals surface area contributed by atoms with Crippen LogP contribution in [0.2, 0.25) is 0 Å². The van der Waals surface area contributed by atoms with Crippen molar-refractivity contribution in [3.05, 3.63) is 24.0 Å². The molecule has 0 atom stereocenters. The molecule has 0 N–H and O–H groups in total. The van der Waals surface area contributed by atoms with E-state index in [4.69, 9.17) is 12.6 Å². The van der Waals surface area contributed by atoms with Crippen molar-refractivity contribution in [1.82, 2.24) is 0 Å². The fraction of sp³-hybridized carbons (Fsp3) is 0.143. The lowest BCUT2D eigenvalue weighted by Gasteiger charge is -2.02. The second-order valence-corrected chi connectivity index (χ2v) is 1.89. The Bertz CT molecular complexity index is 237. The normalized spacial score (nSPS) is 9.40. The highest BCUT2D eigenvalue weighted by Gasteiger charge is 1.96. The van der Waals surface area contributed by atoms with Crippen molar-refractivity contribution < 1.29 is 9.13 Å². The van der Waals surface area contributed by atoms with Crippen LogP contribution in [0.1, 0.15) is 0 Å². The Morgan fingerprint density at radius 3 is 2.70 bits per heavy atom. The van der Waals surface area contributed by atoms with E-state index in [9.17, 15) is 4.39 Å². The highest BCUT2D eigenvalue weighted by atomic mass is 19.1. The molecule has 0 aromatic heterocycles. The summed E-state index contributed by atoms with van der Waals surface area (Å²) in [5.41, 5.74) is 0.322. The molecule has 10 heavy (non-hydrogen) atoms. The maximum absolute atomic E-state index is 12.3. The molecule has 0 saturated heterocycles. The molecule has 1 aromatic rings. The van der Waals surface area contributed by atoms with Crippen LogP contribution in [0.25, 0.3) is 0 Å². The Kier molecular flexibility index (Phi) is 1.95. The predicted molar refractivity (Wildman–Crippen MR) is 38.3 cm³/mol. The summed E-state index contributed by atoms with van der Waals surface area (Å²) in [4.78, 5) is 0. The molecule has 0 bridgehead atoms. The van der Waals surface area contributed by atoms with Gasteiger partial charge in [-0.3, -0.25) is 0 Å². The average molecular weight is 136 g/mol. The molecular formula is C7H6BFO. The van der Waals surface area contributed by atoms with E-state index < -0.39 is 0 Å². The van der Waals surface area contributed by atoms with Gasteiger partial charge in [-0.15, -0.1) is 0 Å². The number of benzene rings is 1. The Morgan fingerprint density at radius 2 is 2.20 bits per heavy atom. The maximum Gasteiger partial charge on any atom is 0.122 e. The third-order valence-corrected chi connectivity index (χ3v) is 1.19. The van der Waals surface area contributed by atoms with E-state index in [-0.39, 0.29) is 5.82 Å². The van der Waals surface area contributed by atoms with E-state index in [1.54, 1.807) is 0 Å². The summed E-state index contributed by atoms with van der Waals surface area (Å²) in [5.74, 6) is 0.153. The van der Waals surface area contributed by atoms with E-state index >= 15 is 0 Å². The molecule has 0 aliphatic heterocycles. The van der Waals surface area contributed by atoms with Crippen LogP contribution >= 0.6 is 0 Å². The molecule has 0 amide bonds. The Hall–Kier alpha value is -0.985. The van der Waals surface area contributed by atoms with Gasteiger partial charge >= 0.3 is 0 Å². The molecule has 0 fully saturated rings. The number of halogens is 1. The van der Waals surface area contributed by atoms with E-state index in [1.165, 1.54) is 25.3 Å². The summed E-state index contributed by atoms with van der Waals surface area (Å²) < 4.78 is 17.2. The van der Waals surface area contributed by atoms with E-state index in [0.29, 0.717) is 11.2 Å². The Labute approximate surface area is 60.2 Å². The van der Waals surface area contributed by atoms with Crippen LogP contribution in [0.5, 0.6) is 5.75 Å². The molecule has 3 heteroatoms. The lowest BCUT2D eigenvalue weighted by molar-refractivity contribution is 0.417. The summed E-state index contributed by atoms with van der Waals surface area (Å²) in [7, 11) is 6.86. The van der Waals surface area contributed by atoms with Gasteiger partial charge < -0.3 is 4.74 Å². The van der Waals surface area contributed by atoms with Gasteiger partial charge in [0.15, 0.2) is 0 Å². The minimum absolute atomic E-state index is 0.322. The standard InChI is InChI=1S/C7H6BFO/c1-10-7-3-2-5(9)4-6(7)8/h2-4H,1H3. The lowest BCUT2D eigenvalue weighted by atomic mass is 9.95. The zero-order chi connectivity index (χ0) is 7.56. The minimum atomic E-state index is -0.349. The number of methoxy groups -OCH3 is 1. The van der Waals surface area contributed by atoms with Crippen molar-refractivity contribution in [2.45, 2.75) is 0 Å². The monoisotopic (exact) mass is 136 g/mol. The van der Waals surface area contributed by atoms with Gasteiger partial charge in [-0.2, -0.15) is 0 Å². The van der Waals surface area contributed by atoms with Crippen LogP contribution in [-0.2, 0) is 0 Å². The molecule has 0 unspecified atom stereocenters. The summed E-state index contributed by atoms with van der Waals surface area (Å²) in [5, 5.41) is 0. The molecule has 1 aromatic carbocycles. The number of rotatable bonds is 1. The molecule has 2 radical (unpaired) electrons. The van der Waals surface area contributed by atoms with E-state index in [0.717, 1.165) is 0 Å². The first-order valence-electron chi connectivity index (χ1n) is 2.83. The van der Waals surface area contributed by atoms with E-state index in [2.05, 4.69) is 0 Å². The number of hydrogen-bond donors (Lipinski definition) is 0. The average Bonchev–Trinajstić information content (AvgIpc) is 1.88. The third-order valence-electron chi connectivity index (χ3n) is 1.19. The molecule has 50 valence electrons. The summed E-state index contributed by atoms with van der Waals surface area (Å²) in [6.45, 7) is 0. The van der Waals surface area contributed by atoms with Crippen molar-refractivity contribution in [3.8, 4) is 5.75 Å². The van der Waals surface area contributed by atoms with Crippen molar-refractivity contribution in [1.29, 1.82) is 0 Å². The van der Waals surface area contributed by atoms with Crippen molar-refractivity contribution in [2.75, 3.05) is 7.11 Å². The lowest BCUT2D eigenvalue weighted by Crippen LogP contribution is -2.07. The second kappa shape index (κ2) is 2.73. The molecule has 0 heterocycles. The van der Waals surface area contributed by atoms with Gasteiger partial charge in [0.05, 0.1) is 7.11 Å². The van der Waals surface area contributed by atoms with Gasteiger partial charge in [0.25, 0.3) is 0 Å². The van der Waals surface area contributed by atoms with Crippen LogP contribution in [0, 0.1) is 5.82 Å². The fourth-order valence-corrected chi connectivity index (χ4v) is 0.705. The summed E-state index contributed by atoms with van der Waals surface area (Å²) >= 11 is 0. The molecule has 0 aliphatic rings. The summed E-state index contributed by atoms with van der Waals surface area (Å²) in [6.07, 6.45) is 0. The minimum Gasteiger partial charge on any atom is -0.497 e. The van der Waals surface area contributed by atoms with Gasteiger partial charge in [-0.05, 0) is 18.2 Å². The maximum atomic E-state index is 12.3. The van der Waals surface area contributed by atoms with Crippen molar-refractivity contribution in [3.63, 3.8) is 0 Å². The third kappa shape index (κ3) is 1.29. The van der Waals surface area contributed by atoms with Crippen molar-refractivity contribution in [2.24, 2.45) is 0 Å². The topological polar surface area (TPSA) is 9.23 Å². The zero-order valence-electron chi connectivity index (χ0n) is 5.60. The van der Waals surface area contributed by atoms with Crippen LogP contribution in [0.4, 0.5) is 4.39 Å². The highest BCUT2D eigenvalue weighted by molar-refractivity contribution is 6.34. The Morgan fingerprint density at radius 1 is 1.50 bits per heavy atom. The van der Waals surface area contributed by atoms with E-state index in [1.807, 2.05) is 0 Å². The van der Waals surface area contributed by atoms with Gasteiger partial charge in [-0.25, -0.2) is 4.39 Å². The van der Waals surface area contributed by atoms with Gasteiger partial charge in [0.1, 0.15) is 19.4 Å². The highest BCUT2D eigenvalue weighted by Crippen LogP contribution is 2.05. The molecule has 0 saturated carbocycles. The molecule has 1 rings (SSSR count). The predicted octanol–water partition coefficient (Wildman–Crippen LogP) is 0.628. The van der Waals surface area contributed by atoms with Gasteiger partial charge in [0.2, 0.25) is 0 Å². The smallest absolute Gasteiger partial charge is 0.122 e. The second-order valence-electron chi connectivity index (χ2n) is 1.89. The van der Waals surface area contributed by atoms with Crippen LogP contribution < -0.4 is 10.2 Å². The van der Waals surface area contributed by atoms with Crippen LogP contribution in [-0.4, -0.2) is 15.0 Å². The molecular weight excluding hydrogens is 130 g/mol. The van der Waals surface area contributed by atoms with Crippen LogP contribution in [0.15, 0.2) is 18.2 Å². The largest absolute Gasteiger partial charge is 0.497 e. The van der Waals surface area contributed by atoms with Crippen molar-refractivity contribution >= 4 is 13.3 Å². The molecule has 1 nitrogen and oxygen atoms in total. The first kappa shape index (κ1) is 7.13. The summed E-state index contributed by atoms with van der Waals surface area (Å²) in [6, 6.07) is 4.01. The zero-order valence-corrected chi connectivity index (χ0v) is 5.60. The first-order valence-corrected chi connectivity index (χ1v) is 2.83. The van der Waals surface area contributed by atoms with Crippen LogP contribution in [0.3, 0.4) is 0 Å². The molecule has 0 aliphatic carbocycles. The Balaban J connectivity index is 3.07. The molecule has 0 spiro atoms.